The third kappa shape index (κ3) is 4.49. The fourth-order valence-corrected chi connectivity index (χ4v) is 7.06. The molecule has 0 atom stereocenters. The van der Waals surface area contributed by atoms with Crippen LogP contribution >= 0.6 is 22.9 Å². The van der Waals surface area contributed by atoms with Gasteiger partial charge in [-0.25, -0.2) is 17.8 Å². The largest absolute Gasteiger partial charge is 0.384 e. The molecule has 1 N–H and O–H groups in total. The minimum absolute atomic E-state index is 0.0115. The van der Waals surface area contributed by atoms with E-state index in [1.807, 2.05) is 6.07 Å². The summed E-state index contributed by atoms with van der Waals surface area (Å²) in [7, 11) is -3.82. The number of rotatable bonds is 6. The predicted octanol–water partition coefficient (Wildman–Crippen LogP) is 4.10. The fourth-order valence-electron chi connectivity index (χ4n) is 4.24. The molecule has 0 unspecified atom stereocenters. The second-order valence-electron chi connectivity index (χ2n) is 8.32. The molecule has 180 valence electrons. The number of nitrogens with one attached hydrogen (secondary N) is 1. The Bertz CT molecular complexity index is 1680. The summed E-state index contributed by atoms with van der Waals surface area (Å²) in [4.78, 5) is 30.2. The molecule has 0 saturated carbocycles. The lowest BCUT2D eigenvalue weighted by atomic mass is 10.1. The first-order chi connectivity index (χ1) is 16.6. The molecule has 5 rings (SSSR count). The van der Waals surface area contributed by atoms with E-state index in [1.165, 1.54) is 28.8 Å². The van der Waals surface area contributed by atoms with Gasteiger partial charge in [0, 0.05) is 18.7 Å². The van der Waals surface area contributed by atoms with Crippen molar-refractivity contribution in [2.24, 2.45) is 0 Å². The van der Waals surface area contributed by atoms with Crippen LogP contribution in [-0.4, -0.2) is 36.0 Å². The van der Waals surface area contributed by atoms with Gasteiger partial charge in [-0.2, -0.15) is 0 Å². The van der Waals surface area contributed by atoms with Crippen LogP contribution in [0.4, 0.5) is 10.1 Å². The molecule has 0 spiro atoms. The Kier molecular flexibility index (Phi) is 5.98. The number of carbonyl (C=O) groups is 1. The van der Waals surface area contributed by atoms with Gasteiger partial charge in [-0.1, -0.05) is 17.7 Å². The normalized spacial score (nSPS) is 13.1. The van der Waals surface area contributed by atoms with Crippen LogP contribution in [0.15, 0.2) is 51.5 Å². The van der Waals surface area contributed by atoms with E-state index in [2.05, 4.69) is 10.3 Å². The number of benzene rings is 2. The van der Waals surface area contributed by atoms with E-state index in [1.54, 1.807) is 13.0 Å². The maximum absolute atomic E-state index is 15.1. The molecule has 2 aromatic carbocycles. The monoisotopic (exact) mass is 531 g/mol. The molecule has 7 nitrogen and oxygen atoms in total. The van der Waals surface area contributed by atoms with Crippen LogP contribution in [0.3, 0.4) is 0 Å². The van der Waals surface area contributed by atoms with Crippen LogP contribution in [0.25, 0.3) is 16.6 Å². The molecule has 3 heterocycles. The highest BCUT2D eigenvalue weighted by Gasteiger charge is 2.22. The van der Waals surface area contributed by atoms with E-state index < -0.39 is 27.2 Å². The minimum Gasteiger partial charge on any atom is -0.384 e. The smallest absolute Gasteiger partial charge is 0.266 e. The molecule has 0 radical (unpaired) electrons. The Labute approximate surface area is 209 Å². The van der Waals surface area contributed by atoms with Crippen molar-refractivity contribution in [3.8, 4) is 5.69 Å². The Morgan fingerprint density at radius 3 is 2.74 bits per heavy atom. The molecule has 0 fully saturated rings. The van der Waals surface area contributed by atoms with Gasteiger partial charge in [0.05, 0.1) is 20.9 Å². The third-order valence-corrected chi connectivity index (χ3v) is 9.32. The van der Waals surface area contributed by atoms with Gasteiger partial charge in [0.1, 0.15) is 21.6 Å². The van der Waals surface area contributed by atoms with Crippen LogP contribution in [0.2, 0.25) is 4.34 Å². The first-order valence-electron chi connectivity index (χ1n) is 10.7. The second kappa shape index (κ2) is 8.85. The lowest BCUT2D eigenvalue weighted by Crippen LogP contribution is -2.23. The molecule has 0 bridgehead atoms. The van der Waals surface area contributed by atoms with Crippen molar-refractivity contribution >= 4 is 55.1 Å². The standard InChI is InChI=1S/C24H19ClFN3O4S2/c1-13-28-20-11-19-15(6-7-27-19)10-17(20)24(31)29(13)21-3-2-14(9-18(21)26)8-16(30)12-35(32,33)23-5-4-22(25)34-23/h2-5,9-11,27H,6-8,12H2,1H3. The molecular weight excluding hydrogens is 513 g/mol. The molecule has 0 amide bonds. The van der Waals surface area contributed by atoms with Crippen molar-refractivity contribution in [3.63, 3.8) is 0 Å². The molecule has 11 heteroatoms. The first kappa shape index (κ1) is 23.7. The molecule has 0 aliphatic carbocycles. The summed E-state index contributed by atoms with van der Waals surface area (Å²) in [6.07, 6.45) is 0.531. The lowest BCUT2D eigenvalue weighted by Gasteiger charge is -2.13. The number of carbonyl (C=O) groups excluding carboxylic acids is 1. The number of hydrogen-bond acceptors (Lipinski definition) is 7. The molecule has 0 saturated heterocycles. The highest BCUT2D eigenvalue weighted by atomic mass is 35.5. The molecule has 2 aromatic heterocycles. The highest BCUT2D eigenvalue weighted by Crippen LogP contribution is 2.28. The predicted molar refractivity (Wildman–Crippen MR) is 134 cm³/mol. The number of aromatic nitrogens is 2. The molecule has 4 aromatic rings. The molecular formula is C24H19ClFN3O4S2. The Hall–Kier alpha value is -3.08. The Morgan fingerprint density at radius 1 is 1.23 bits per heavy atom. The average molecular weight is 532 g/mol. The number of ketones is 1. The van der Waals surface area contributed by atoms with Crippen molar-refractivity contribution < 1.29 is 17.6 Å². The van der Waals surface area contributed by atoms with E-state index in [0.717, 1.165) is 41.6 Å². The van der Waals surface area contributed by atoms with E-state index in [-0.39, 0.29) is 21.9 Å². The zero-order valence-corrected chi connectivity index (χ0v) is 20.9. The second-order valence-corrected chi connectivity index (χ2v) is 12.3. The molecule has 35 heavy (non-hydrogen) atoms. The van der Waals surface area contributed by atoms with Crippen LogP contribution in [0.5, 0.6) is 0 Å². The number of Topliss-reactive ketones (excluding diaryl/α,β-unsaturated/α-hetero) is 1. The molecule has 1 aliphatic heterocycles. The summed E-state index contributed by atoms with van der Waals surface area (Å²) in [5.74, 6) is -1.68. The van der Waals surface area contributed by atoms with Crippen molar-refractivity contribution in [1.29, 1.82) is 0 Å². The topological polar surface area (TPSA) is 98.1 Å². The van der Waals surface area contributed by atoms with Crippen LogP contribution in [0, 0.1) is 12.7 Å². The maximum Gasteiger partial charge on any atom is 0.266 e. The van der Waals surface area contributed by atoms with Gasteiger partial charge in [0.15, 0.2) is 15.6 Å². The van der Waals surface area contributed by atoms with Crippen molar-refractivity contribution in [1.82, 2.24) is 9.55 Å². The zero-order valence-electron chi connectivity index (χ0n) is 18.5. The summed E-state index contributed by atoms with van der Waals surface area (Å²) in [6.45, 7) is 2.41. The number of hydrogen-bond donors (Lipinski definition) is 1. The van der Waals surface area contributed by atoms with Crippen molar-refractivity contribution in [2.45, 2.75) is 24.0 Å². The highest BCUT2D eigenvalue weighted by molar-refractivity contribution is 7.94. The Balaban J connectivity index is 1.43. The van der Waals surface area contributed by atoms with E-state index in [0.29, 0.717) is 26.6 Å². The average Bonchev–Trinajstić information content (AvgIpc) is 3.42. The zero-order chi connectivity index (χ0) is 24.9. The van der Waals surface area contributed by atoms with Crippen LogP contribution in [0.1, 0.15) is 17.0 Å². The van der Waals surface area contributed by atoms with Gasteiger partial charge in [-0.05, 0) is 60.9 Å². The number of nitrogens with zero attached hydrogens (tertiary/aromatic N) is 2. The molecule has 1 aliphatic rings. The van der Waals surface area contributed by atoms with Crippen LogP contribution in [-0.2, 0) is 27.5 Å². The maximum atomic E-state index is 15.1. The van der Waals surface area contributed by atoms with Crippen molar-refractivity contribution in [2.75, 3.05) is 17.6 Å². The van der Waals surface area contributed by atoms with Crippen LogP contribution < -0.4 is 10.9 Å². The fraction of sp³-hybridized carbons (Fsp3) is 0.208. The number of anilines is 1. The summed E-state index contributed by atoms with van der Waals surface area (Å²) in [6, 6.07) is 10.5. The third-order valence-electron chi connectivity index (χ3n) is 5.83. The van der Waals surface area contributed by atoms with E-state index >= 15 is 4.39 Å². The number of thiophene rings is 1. The SMILES string of the molecule is Cc1nc2cc3c(cc2c(=O)n1-c1ccc(CC(=O)CS(=O)(=O)c2ccc(Cl)s2)cc1F)CCN3. The number of halogens is 2. The van der Waals surface area contributed by atoms with Gasteiger partial charge in [-0.3, -0.25) is 14.2 Å². The minimum atomic E-state index is -3.82. The number of fused-ring (bicyclic) bond motifs is 2. The summed E-state index contributed by atoms with van der Waals surface area (Å²) in [5, 5.41) is 3.65. The number of aryl methyl sites for hydroxylation is 1. The summed E-state index contributed by atoms with van der Waals surface area (Å²) < 4.78 is 41.5. The van der Waals surface area contributed by atoms with Gasteiger partial charge in [0.2, 0.25) is 0 Å². The van der Waals surface area contributed by atoms with Gasteiger partial charge in [0.25, 0.3) is 5.56 Å². The van der Waals surface area contributed by atoms with E-state index in [4.69, 9.17) is 11.6 Å². The van der Waals surface area contributed by atoms with Gasteiger partial charge < -0.3 is 5.32 Å². The first-order valence-corrected chi connectivity index (χ1v) is 13.6. The lowest BCUT2D eigenvalue weighted by molar-refractivity contribution is -0.116. The quantitative estimate of drug-likeness (QED) is 0.402. The summed E-state index contributed by atoms with van der Waals surface area (Å²) >= 11 is 6.67. The Morgan fingerprint density at radius 2 is 2.03 bits per heavy atom. The van der Waals surface area contributed by atoms with E-state index in [9.17, 15) is 18.0 Å². The summed E-state index contributed by atoms with van der Waals surface area (Å²) in [5.41, 5.74) is 2.43. The van der Waals surface area contributed by atoms with Gasteiger partial charge in [-0.15, -0.1) is 11.3 Å². The van der Waals surface area contributed by atoms with Gasteiger partial charge >= 0.3 is 0 Å². The van der Waals surface area contributed by atoms with Crippen molar-refractivity contribution in [3.05, 3.63) is 79.9 Å². The number of sulfone groups is 1.